The Labute approximate surface area is 201 Å². The van der Waals surface area contributed by atoms with E-state index in [9.17, 15) is 9.59 Å². The molecule has 0 fully saturated rings. The van der Waals surface area contributed by atoms with Crippen molar-refractivity contribution in [1.82, 2.24) is 4.57 Å². The molecule has 8 nitrogen and oxygen atoms in total. The number of carbonyl (C=O) groups is 1. The van der Waals surface area contributed by atoms with Crippen LogP contribution in [-0.4, -0.2) is 45.3 Å². The van der Waals surface area contributed by atoms with Crippen LogP contribution in [0, 0.1) is 0 Å². The maximum Gasteiger partial charge on any atom is 0.338 e. The summed E-state index contributed by atoms with van der Waals surface area (Å²) in [6, 6.07) is 10.8. The maximum absolute atomic E-state index is 13.6. The molecule has 1 aliphatic rings. The molecule has 0 saturated heterocycles. The van der Waals surface area contributed by atoms with Gasteiger partial charge in [-0.2, -0.15) is 0 Å². The number of benzene rings is 1. The van der Waals surface area contributed by atoms with Crippen molar-refractivity contribution in [3.63, 3.8) is 0 Å². The van der Waals surface area contributed by atoms with E-state index in [0.29, 0.717) is 32.2 Å². The van der Waals surface area contributed by atoms with Gasteiger partial charge in [0, 0.05) is 46.0 Å². The fraction of sp³-hybridized carbons (Fsp3) is 0.320. The van der Waals surface area contributed by atoms with Gasteiger partial charge in [0.1, 0.15) is 5.76 Å². The van der Waals surface area contributed by atoms with Gasteiger partial charge in [-0.05, 0) is 37.6 Å². The Morgan fingerprint density at radius 1 is 1.15 bits per heavy atom. The lowest BCUT2D eigenvalue weighted by Gasteiger charge is -2.25. The molecule has 34 heavy (non-hydrogen) atoms. The molecule has 2 aromatic heterocycles. The first-order valence-electron chi connectivity index (χ1n) is 11.0. The summed E-state index contributed by atoms with van der Waals surface area (Å²) in [5.41, 5.74) is 2.50. The van der Waals surface area contributed by atoms with Crippen LogP contribution in [0.4, 0.5) is 11.6 Å². The molecule has 0 spiro atoms. The molecule has 1 aromatic carbocycles. The van der Waals surface area contributed by atoms with Crippen molar-refractivity contribution in [1.29, 1.82) is 0 Å². The Hall–Kier alpha value is -3.59. The molecule has 0 saturated carbocycles. The van der Waals surface area contributed by atoms with Gasteiger partial charge in [0.2, 0.25) is 0 Å². The average molecular weight is 481 g/mol. The number of thiazole rings is 1. The number of nitrogens with zero attached hydrogens (tertiary/aromatic N) is 4. The molecule has 9 heteroatoms. The van der Waals surface area contributed by atoms with Crippen LogP contribution in [0.2, 0.25) is 0 Å². The zero-order valence-electron chi connectivity index (χ0n) is 20.2. The lowest BCUT2D eigenvalue weighted by Crippen LogP contribution is -2.39. The molecule has 0 N–H and O–H groups in total. The highest BCUT2D eigenvalue weighted by atomic mass is 32.1. The molecule has 3 aromatic rings. The molecule has 0 radical (unpaired) electrons. The van der Waals surface area contributed by atoms with E-state index in [1.165, 1.54) is 11.3 Å². The minimum absolute atomic E-state index is 0.234. The van der Waals surface area contributed by atoms with Crippen LogP contribution in [0.1, 0.15) is 31.2 Å². The number of allylic oxidation sites excluding steroid dienone is 1. The molecule has 3 heterocycles. The van der Waals surface area contributed by atoms with Gasteiger partial charge >= 0.3 is 5.97 Å². The number of esters is 1. The number of carbonyl (C=O) groups excluding carboxylic acids is 1. The van der Waals surface area contributed by atoms with Gasteiger partial charge in [-0.3, -0.25) is 9.36 Å². The second-order valence-electron chi connectivity index (χ2n) is 8.36. The largest absolute Gasteiger partial charge is 0.463 e. The summed E-state index contributed by atoms with van der Waals surface area (Å²) in [7, 11) is 7.70. The first-order chi connectivity index (χ1) is 16.2. The van der Waals surface area contributed by atoms with Crippen LogP contribution in [0.15, 0.2) is 61.9 Å². The third kappa shape index (κ3) is 4.31. The first-order valence-corrected chi connectivity index (χ1v) is 11.8. The van der Waals surface area contributed by atoms with Crippen molar-refractivity contribution in [2.75, 3.05) is 44.6 Å². The third-order valence-electron chi connectivity index (χ3n) is 5.57. The molecule has 178 valence electrons. The van der Waals surface area contributed by atoms with Gasteiger partial charge in [0.25, 0.3) is 5.56 Å². The Balaban J connectivity index is 1.90. The van der Waals surface area contributed by atoms with E-state index in [1.54, 1.807) is 24.5 Å². The summed E-state index contributed by atoms with van der Waals surface area (Å²) in [5.74, 6) is 0.793. The Morgan fingerprint density at radius 3 is 2.44 bits per heavy atom. The molecule has 0 amide bonds. The van der Waals surface area contributed by atoms with Crippen molar-refractivity contribution >= 4 is 35.0 Å². The van der Waals surface area contributed by atoms with Gasteiger partial charge in [-0.15, -0.1) is 0 Å². The van der Waals surface area contributed by atoms with Crippen LogP contribution in [0.25, 0.3) is 6.08 Å². The number of fused-ring (bicyclic) bond motifs is 1. The topological polar surface area (TPSA) is 80.3 Å². The van der Waals surface area contributed by atoms with Crippen molar-refractivity contribution in [3.05, 3.63) is 78.7 Å². The number of hydrogen-bond acceptors (Lipinski definition) is 8. The van der Waals surface area contributed by atoms with E-state index in [1.807, 2.05) is 74.4 Å². The fourth-order valence-electron chi connectivity index (χ4n) is 3.85. The van der Waals surface area contributed by atoms with Gasteiger partial charge < -0.3 is 19.0 Å². The summed E-state index contributed by atoms with van der Waals surface area (Å²) < 4.78 is 13.2. The number of furan rings is 1. The second kappa shape index (κ2) is 9.34. The summed E-state index contributed by atoms with van der Waals surface area (Å²) in [6.45, 7) is 3.77. The molecular formula is C25H28N4O4S. The van der Waals surface area contributed by atoms with Crippen molar-refractivity contribution in [3.8, 4) is 0 Å². The summed E-state index contributed by atoms with van der Waals surface area (Å²) in [4.78, 5) is 35.5. The standard InChI is InChI=1S/C25H28N4O4S/c1-7-32-24(31)21-15(2)26-25-29(22(21)16-8-10-17(11-9-16)27(3)4)23(30)19(34-25)14-18-12-13-20(33-18)28(5)6/h8-14,22H,7H2,1-6H3/b19-14-/t22-/m1/s1. The number of aromatic nitrogens is 1. The number of rotatable bonds is 6. The number of ether oxygens (including phenoxy) is 1. The second-order valence-corrected chi connectivity index (χ2v) is 9.37. The third-order valence-corrected chi connectivity index (χ3v) is 6.55. The molecule has 4 rings (SSSR count). The summed E-state index contributed by atoms with van der Waals surface area (Å²) >= 11 is 1.27. The summed E-state index contributed by atoms with van der Waals surface area (Å²) in [5, 5.41) is 0. The minimum Gasteiger partial charge on any atom is -0.463 e. The van der Waals surface area contributed by atoms with Gasteiger partial charge in [-0.1, -0.05) is 23.5 Å². The normalized spacial score (nSPS) is 15.7. The molecule has 0 aliphatic carbocycles. The van der Waals surface area contributed by atoms with E-state index < -0.39 is 12.0 Å². The van der Waals surface area contributed by atoms with E-state index in [0.717, 1.165) is 11.3 Å². The molecule has 1 aliphatic heterocycles. The Morgan fingerprint density at radius 2 is 1.85 bits per heavy atom. The molecule has 0 unspecified atom stereocenters. The van der Waals surface area contributed by atoms with Crippen LogP contribution in [-0.2, 0) is 9.53 Å². The van der Waals surface area contributed by atoms with E-state index in [-0.39, 0.29) is 12.2 Å². The highest BCUT2D eigenvalue weighted by Gasteiger charge is 2.33. The summed E-state index contributed by atoms with van der Waals surface area (Å²) in [6.07, 6.45) is 1.71. The lowest BCUT2D eigenvalue weighted by molar-refractivity contribution is -0.139. The van der Waals surface area contributed by atoms with Crippen molar-refractivity contribution in [2.45, 2.75) is 19.9 Å². The maximum atomic E-state index is 13.6. The SMILES string of the molecule is CCOC(=O)C1=C(C)N=c2s/c(=C\c3ccc(N(C)C)o3)c(=O)n2[C@@H]1c1ccc(N(C)C)cc1. The van der Waals surface area contributed by atoms with Crippen LogP contribution in [0.3, 0.4) is 0 Å². The Kier molecular flexibility index (Phi) is 6.47. The fourth-order valence-corrected chi connectivity index (χ4v) is 4.88. The quantitative estimate of drug-likeness (QED) is 0.505. The average Bonchev–Trinajstić information content (AvgIpc) is 3.38. The van der Waals surface area contributed by atoms with E-state index in [2.05, 4.69) is 4.99 Å². The molecule has 0 bridgehead atoms. The minimum atomic E-state index is -0.636. The highest BCUT2D eigenvalue weighted by Crippen LogP contribution is 2.31. The van der Waals surface area contributed by atoms with Crippen LogP contribution in [0.5, 0.6) is 0 Å². The highest BCUT2D eigenvalue weighted by molar-refractivity contribution is 7.07. The smallest absolute Gasteiger partial charge is 0.338 e. The number of hydrogen-bond donors (Lipinski definition) is 0. The van der Waals surface area contributed by atoms with Gasteiger partial charge in [0.05, 0.1) is 28.5 Å². The molecular weight excluding hydrogens is 452 g/mol. The zero-order valence-corrected chi connectivity index (χ0v) is 21.0. The Bertz CT molecular complexity index is 1420. The zero-order chi connectivity index (χ0) is 24.6. The van der Waals surface area contributed by atoms with Gasteiger partial charge in [0.15, 0.2) is 10.7 Å². The first kappa shape index (κ1) is 23.6. The molecule has 1 atom stereocenters. The van der Waals surface area contributed by atoms with Crippen LogP contribution >= 0.6 is 11.3 Å². The van der Waals surface area contributed by atoms with Crippen LogP contribution < -0.4 is 24.7 Å². The monoisotopic (exact) mass is 480 g/mol. The number of anilines is 2. The predicted molar refractivity (Wildman–Crippen MR) is 134 cm³/mol. The van der Waals surface area contributed by atoms with E-state index in [4.69, 9.17) is 9.15 Å². The lowest BCUT2D eigenvalue weighted by atomic mass is 9.95. The van der Waals surface area contributed by atoms with Crippen molar-refractivity contribution < 1.29 is 13.9 Å². The van der Waals surface area contributed by atoms with Gasteiger partial charge in [-0.25, -0.2) is 9.79 Å². The van der Waals surface area contributed by atoms with Crippen molar-refractivity contribution in [2.24, 2.45) is 4.99 Å². The predicted octanol–water partition coefficient (Wildman–Crippen LogP) is 2.52. The van der Waals surface area contributed by atoms with E-state index >= 15 is 0 Å².